The summed E-state index contributed by atoms with van der Waals surface area (Å²) in [6, 6.07) is 9.00. The molecule has 0 aliphatic rings. The molecule has 2 aromatic heterocycles. The van der Waals surface area contributed by atoms with Crippen molar-refractivity contribution >= 4 is 32.8 Å². The Balaban J connectivity index is 2.06. The van der Waals surface area contributed by atoms with Gasteiger partial charge in [0.2, 0.25) is 0 Å². The summed E-state index contributed by atoms with van der Waals surface area (Å²) < 4.78 is 1.38. The summed E-state index contributed by atoms with van der Waals surface area (Å²) in [5, 5.41) is 7.14. The average Bonchev–Trinajstić information content (AvgIpc) is 3.10. The van der Waals surface area contributed by atoms with E-state index in [-0.39, 0.29) is 6.04 Å². The third-order valence-corrected chi connectivity index (χ3v) is 4.97. The molecule has 2 nitrogen and oxygen atoms in total. The SMILES string of the molecule is CCCNC(c1cncs1)c1cccc2ccsc12. The van der Waals surface area contributed by atoms with Crippen LogP contribution in [0.1, 0.15) is 29.8 Å². The van der Waals surface area contributed by atoms with Crippen molar-refractivity contribution in [1.29, 1.82) is 0 Å². The van der Waals surface area contributed by atoms with Crippen LogP contribution in [0.2, 0.25) is 0 Å². The highest BCUT2D eigenvalue weighted by Crippen LogP contribution is 2.33. The first kappa shape index (κ1) is 12.8. The Hall–Kier alpha value is -1.23. The summed E-state index contributed by atoms with van der Waals surface area (Å²) in [5.74, 6) is 0. The van der Waals surface area contributed by atoms with Crippen LogP contribution in [0.4, 0.5) is 0 Å². The fraction of sp³-hybridized carbons (Fsp3) is 0.267. The number of thiazole rings is 1. The maximum atomic E-state index is 4.23. The predicted molar refractivity (Wildman–Crippen MR) is 84.1 cm³/mol. The standard InChI is InChI=1S/C15H16N2S2/c1-2-7-17-14(13-9-16-10-19-13)12-5-3-4-11-6-8-18-15(11)12/h3-6,8-10,14,17H,2,7H2,1H3. The lowest BCUT2D eigenvalue weighted by Crippen LogP contribution is -2.22. The number of fused-ring (bicyclic) bond motifs is 1. The monoisotopic (exact) mass is 288 g/mol. The van der Waals surface area contributed by atoms with E-state index < -0.39 is 0 Å². The van der Waals surface area contributed by atoms with Crippen LogP contribution in [0.5, 0.6) is 0 Å². The first-order valence-electron chi connectivity index (χ1n) is 6.48. The molecule has 0 fully saturated rings. The first-order valence-corrected chi connectivity index (χ1v) is 8.24. The Morgan fingerprint density at radius 1 is 1.26 bits per heavy atom. The fourth-order valence-electron chi connectivity index (χ4n) is 2.26. The topological polar surface area (TPSA) is 24.9 Å². The third kappa shape index (κ3) is 2.56. The van der Waals surface area contributed by atoms with Gasteiger partial charge in [0.15, 0.2) is 0 Å². The van der Waals surface area contributed by atoms with Crippen molar-refractivity contribution in [2.75, 3.05) is 6.54 Å². The Bertz CT molecular complexity index is 643. The fourth-order valence-corrected chi connectivity index (χ4v) is 3.92. The smallest absolute Gasteiger partial charge is 0.0794 e. The Labute approximate surface area is 121 Å². The van der Waals surface area contributed by atoms with Crippen molar-refractivity contribution in [2.45, 2.75) is 19.4 Å². The lowest BCUT2D eigenvalue weighted by molar-refractivity contribution is 0.608. The predicted octanol–water partition coefficient (Wildman–Crippen LogP) is 4.45. The Kier molecular flexibility index (Phi) is 3.92. The van der Waals surface area contributed by atoms with Crippen LogP contribution in [-0.2, 0) is 0 Å². The second-order valence-corrected chi connectivity index (χ2v) is 6.31. The maximum Gasteiger partial charge on any atom is 0.0794 e. The highest BCUT2D eigenvalue weighted by molar-refractivity contribution is 7.17. The Morgan fingerprint density at radius 3 is 3.00 bits per heavy atom. The van der Waals surface area contributed by atoms with Crippen LogP contribution in [0.15, 0.2) is 41.4 Å². The highest BCUT2D eigenvalue weighted by atomic mass is 32.1. The molecule has 0 radical (unpaired) electrons. The van der Waals surface area contributed by atoms with Gasteiger partial charge in [-0.2, -0.15) is 0 Å². The van der Waals surface area contributed by atoms with Gasteiger partial charge in [-0.15, -0.1) is 22.7 Å². The molecular weight excluding hydrogens is 272 g/mol. The lowest BCUT2D eigenvalue weighted by atomic mass is 10.0. The number of nitrogens with one attached hydrogen (secondary N) is 1. The molecule has 1 unspecified atom stereocenters. The van der Waals surface area contributed by atoms with Gasteiger partial charge in [0.1, 0.15) is 0 Å². The number of hydrogen-bond acceptors (Lipinski definition) is 4. The minimum Gasteiger partial charge on any atom is -0.306 e. The molecule has 3 rings (SSSR count). The van der Waals surface area contributed by atoms with Crippen molar-refractivity contribution in [2.24, 2.45) is 0 Å². The van der Waals surface area contributed by atoms with Crippen molar-refractivity contribution in [3.63, 3.8) is 0 Å². The van der Waals surface area contributed by atoms with E-state index in [1.54, 1.807) is 11.3 Å². The lowest BCUT2D eigenvalue weighted by Gasteiger charge is -2.18. The van der Waals surface area contributed by atoms with Gasteiger partial charge in [0, 0.05) is 15.8 Å². The molecule has 2 heterocycles. The summed E-state index contributed by atoms with van der Waals surface area (Å²) in [7, 11) is 0. The number of nitrogens with zero attached hydrogens (tertiary/aromatic N) is 1. The van der Waals surface area contributed by atoms with E-state index in [2.05, 4.69) is 46.9 Å². The third-order valence-electron chi connectivity index (χ3n) is 3.15. The van der Waals surface area contributed by atoms with Crippen molar-refractivity contribution in [3.8, 4) is 0 Å². The van der Waals surface area contributed by atoms with Crippen LogP contribution in [-0.4, -0.2) is 11.5 Å². The number of aromatic nitrogens is 1. The molecule has 1 atom stereocenters. The minimum atomic E-state index is 0.259. The van der Waals surface area contributed by atoms with E-state index in [1.807, 2.05) is 23.0 Å². The molecule has 0 saturated carbocycles. The van der Waals surface area contributed by atoms with Gasteiger partial charge >= 0.3 is 0 Å². The van der Waals surface area contributed by atoms with Gasteiger partial charge in [-0.3, -0.25) is 4.98 Å². The molecule has 0 aliphatic carbocycles. The summed E-state index contributed by atoms with van der Waals surface area (Å²) in [6.45, 7) is 3.22. The number of benzene rings is 1. The van der Waals surface area contributed by atoms with E-state index in [1.165, 1.54) is 20.5 Å². The van der Waals surface area contributed by atoms with Crippen LogP contribution >= 0.6 is 22.7 Å². The molecule has 0 saturated heterocycles. The summed E-state index contributed by atoms with van der Waals surface area (Å²) in [4.78, 5) is 5.51. The van der Waals surface area contributed by atoms with Gasteiger partial charge in [-0.05, 0) is 35.4 Å². The van der Waals surface area contributed by atoms with Gasteiger partial charge in [0.25, 0.3) is 0 Å². The summed E-state index contributed by atoms with van der Waals surface area (Å²) in [5.41, 5.74) is 3.27. The maximum absolute atomic E-state index is 4.23. The zero-order valence-corrected chi connectivity index (χ0v) is 12.4. The van der Waals surface area contributed by atoms with Gasteiger partial charge < -0.3 is 5.32 Å². The molecular formula is C15H16N2S2. The number of thiophene rings is 1. The van der Waals surface area contributed by atoms with E-state index in [9.17, 15) is 0 Å². The van der Waals surface area contributed by atoms with Crippen molar-refractivity contribution < 1.29 is 0 Å². The van der Waals surface area contributed by atoms with E-state index in [4.69, 9.17) is 0 Å². The molecule has 98 valence electrons. The van der Waals surface area contributed by atoms with Crippen LogP contribution in [0.25, 0.3) is 10.1 Å². The molecule has 0 aliphatic heterocycles. The zero-order valence-electron chi connectivity index (χ0n) is 10.8. The van der Waals surface area contributed by atoms with E-state index >= 15 is 0 Å². The highest BCUT2D eigenvalue weighted by Gasteiger charge is 2.17. The van der Waals surface area contributed by atoms with Crippen LogP contribution in [0.3, 0.4) is 0 Å². The van der Waals surface area contributed by atoms with E-state index in [0.717, 1.165) is 13.0 Å². The molecule has 1 N–H and O–H groups in total. The molecule has 4 heteroatoms. The molecule has 0 amide bonds. The van der Waals surface area contributed by atoms with Crippen LogP contribution < -0.4 is 5.32 Å². The molecule has 1 aromatic carbocycles. The number of hydrogen-bond donors (Lipinski definition) is 1. The van der Waals surface area contributed by atoms with E-state index in [0.29, 0.717) is 0 Å². The zero-order chi connectivity index (χ0) is 13.1. The first-order chi connectivity index (χ1) is 9.40. The minimum absolute atomic E-state index is 0.259. The van der Waals surface area contributed by atoms with Crippen molar-refractivity contribution in [1.82, 2.24) is 10.3 Å². The summed E-state index contributed by atoms with van der Waals surface area (Å²) >= 11 is 3.54. The second kappa shape index (κ2) is 5.82. The molecule has 3 aromatic rings. The van der Waals surface area contributed by atoms with Gasteiger partial charge in [-0.1, -0.05) is 25.1 Å². The Morgan fingerprint density at radius 2 is 2.21 bits per heavy atom. The quantitative estimate of drug-likeness (QED) is 0.750. The molecule has 0 bridgehead atoms. The molecule has 19 heavy (non-hydrogen) atoms. The average molecular weight is 288 g/mol. The largest absolute Gasteiger partial charge is 0.306 e. The van der Waals surface area contributed by atoms with Crippen molar-refractivity contribution in [3.05, 3.63) is 51.8 Å². The number of rotatable bonds is 5. The second-order valence-electron chi connectivity index (χ2n) is 4.48. The van der Waals surface area contributed by atoms with Gasteiger partial charge in [-0.25, -0.2) is 0 Å². The van der Waals surface area contributed by atoms with Crippen LogP contribution in [0, 0.1) is 0 Å². The molecule has 0 spiro atoms. The summed E-state index contributed by atoms with van der Waals surface area (Å²) in [6.07, 6.45) is 3.11. The van der Waals surface area contributed by atoms with Gasteiger partial charge in [0.05, 0.1) is 11.6 Å². The normalized spacial score (nSPS) is 12.9.